The highest BCUT2D eigenvalue weighted by molar-refractivity contribution is 9.11. The molecular formula is C15H19Br2N. The molecule has 4 atom stereocenters. The number of hydrogen-bond acceptors (Lipinski definition) is 1. The lowest BCUT2D eigenvalue weighted by Gasteiger charge is -2.27. The Hall–Kier alpha value is 0.140. The van der Waals surface area contributed by atoms with Crippen molar-refractivity contribution < 1.29 is 0 Å². The Bertz CT molecular complexity index is 446. The lowest BCUT2D eigenvalue weighted by Crippen LogP contribution is -2.35. The highest BCUT2D eigenvalue weighted by atomic mass is 79.9. The van der Waals surface area contributed by atoms with Crippen molar-refractivity contribution in [2.45, 2.75) is 44.7 Å². The first kappa shape index (κ1) is 13.1. The number of nitrogens with one attached hydrogen (secondary N) is 1. The van der Waals surface area contributed by atoms with Gasteiger partial charge >= 0.3 is 0 Å². The molecule has 98 valence electrons. The van der Waals surface area contributed by atoms with E-state index in [4.69, 9.17) is 0 Å². The van der Waals surface area contributed by atoms with Crippen molar-refractivity contribution in [3.63, 3.8) is 0 Å². The van der Waals surface area contributed by atoms with Crippen LogP contribution in [0, 0.1) is 11.8 Å². The van der Waals surface area contributed by atoms with Crippen LogP contribution < -0.4 is 5.32 Å². The second kappa shape index (κ2) is 5.26. The van der Waals surface area contributed by atoms with Crippen molar-refractivity contribution in [3.8, 4) is 0 Å². The summed E-state index contributed by atoms with van der Waals surface area (Å²) in [6.45, 7) is 2.28. The van der Waals surface area contributed by atoms with Crippen LogP contribution >= 0.6 is 31.9 Å². The van der Waals surface area contributed by atoms with E-state index in [2.05, 4.69) is 62.3 Å². The summed E-state index contributed by atoms with van der Waals surface area (Å²) in [4.78, 5) is 0. The summed E-state index contributed by atoms with van der Waals surface area (Å²) in [5.74, 6) is 1.94. The zero-order valence-electron chi connectivity index (χ0n) is 10.6. The molecule has 0 aromatic heterocycles. The van der Waals surface area contributed by atoms with E-state index in [0.717, 1.165) is 22.4 Å². The minimum absolute atomic E-state index is 0.428. The number of halogens is 2. The van der Waals surface area contributed by atoms with Gasteiger partial charge in [-0.25, -0.2) is 0 Å². The van der Waals surface area contributed by atoms with Crippen molar-refractivity contribution in [2.75, 3.05) is 0 Å². The first-order valence-corrected chi connectivity index (χ1v) is 8.43. The van der Waals surface area contributed by atoms with Gasteiger partial charge < -0.3 is 5.32 Å². The zero-order chi connectivity index (χ0) is 12.7. The minimum atomic E-state index is 0.428. The summed E-state index contributed by atoms with van der Waals surface area (Å²) in [6.07, 6.45) is 5.77. The molecule has 0 saturated heterocycles. The Morgan fingerprint density at radius 1 is 1.22 bits per heavy atom. The SMILES string of the molecule is CC(NC1CC2CCC1C2)c1ccc(Br)cc1Br. The molecule has 1 nitrogen and oxygen atoms in total. The molecule has 2 aliphatic rings. The van der Waals surface area contributed by atoms with Gasteiger partial charge in [-0.1, -0.05) is 44.3 Å². The van der Waals surface area contributed by atoms with E-state index in [-0.39, 0.29) is 0 Å². The van der Waals surface area contributed by atoms with Crippen LogP contribution in [0.5, 0.6) is 0 Å². The average Bonchev–Trinajstić information content (AvgIpc) is 2.90. The van der Waals surface area contributed by atoms with E-state index < -0.39 is 0 Å². The van der Waals surface area contributed by atoms with E-state index in [0.29, 0.717) is 6.04 Å². The smallest absolute Gasteiger partial charge is 0.0305 e. The monoisotopic (exact) mass is 371 g/mol. The minimum Gasteiger partial charge on any atom is -0.307 e. The van der Waals surface area contributed by atoms with Crippen molar-refractivity contribution in [1.29, 1.82) is 0 Å². The molecule has 3 heteroatoms. The molecule has 0 aliphatic heterocycles. The fraction of sp³-hybridized carbons (Fsp3) is 0.600. The fourth-order valence-electron chi connectivity index (χ4n) is 3.71. The molecule has 1 aromatic carbocycles. The van der Waals surface area contributed by atoms with Gasteiger partial charge in [0.25, 0.3) is 0 Å². The quantitative estimate of drug-likeness (QED) is 0.782. The Morgan fingerprint density at radius 3 is 2.67 bits per heavy atom. The van der Waals surface area contributed by atoms with Crippen LogP contribution in [0.15, 0.2) is 27.1 Å². The molecule has 3 rings (SSSR count). The van der Waals surface area contributed by atoms with Crippen molar-refractivity contribution in [1.82, 2.24) is 5.32 Å². The Morgan fingerprint density at radius 2 is 2.06 bits per heavy atom. The van der Waals surface area contributed by atoms with Crippen LogP contribution in [-0.4, -0.2) is 6.04 Å². The summed E-state index contributed by atoms with van der Waals surface area (Å²) in [5, 5.41) is 3.84. The maximum Gasteiger partial charge on any atom is 0.0305 e. The second-order valence-electron chi connectivity index (χ2n) is 5.84. The highest BCUT2D eigenvalue weighted by Crippen LogP contribution is 2.45. The summed E-state index contributed by atoms with van der Waals surface area (Å²) < 4.78 is 2.32. The van der Waals surface area contributed by atoms with Crippen LogP contribution in [0.1, 0.15) is 44.2 Å². The molecule has 0 radical (unpaired) electrons. The van der Waals surface area contributed by atoms with Gasteiger partial charge in [-0.05, 0) is 55.7 Å². The molecule has 4 unspecified atom stereocenters. The lowest BCUT2D eigenvalue weighted by atomic mass is 9.94. The standard InChI is InChI=1S/C15H19Br2N/c1-9(13-5-4-12(16)8-14(13)17)18-15-7-10-2-3-11(15)6-10/h4-5,8-11,15,18H,2-3,6-7H2,1H3. The maximum atomic E-state index is 3.84. The summed E-state index contributed by atoms with van der Waals surface area (Å²) in [5.41, 5.74) is 1.36. The highest BCUT2D eigenvalue weighted by Gasteiger charge is 2.39. The van der Waals surface area contributed by atoms with Gasteiger partial charge in [0.05, 0.1) is 0 Å². The molecule has 1 N–H and O–H groups in total. The van der Waals surface area contributed by atoms with Crippen LogP contribution in [0.3, 0.4) is 0 Å². The van der Waals surface area contributed by atoms with Gasteiger partial charge in [-0.15, -0.1) is 0 Å². The van der Waals surface area contributed by atoms with Gasteiger partial charge in [-0.2, -0.15) is 0 Å². The number of rotatable bonds is 3. The Balaban J connectivity index is 1.69. The van der Waals surface area contributed by atoms with Crippen LogP contribution in [0.4, 0.5) is 0 Å². The molecule has 1 aromatic rings. The summed E-state index contributed by atoms with van der Waals surface area (Å²) in [7, 11) is 0. The van der Waals surface area contributed by atoms with Crippen LogP contribution in [0.25, 0.3) is 0 Å². The molecular weight excluding hydrogens is 354 g/mol. The Kier molecular flexibility index (Phi) is 3.84. The van der Waals surface area contributed by atoms with Crippen molar-refractivity contribution >= 4 is 31.9 Å². The van der Waals surface area contributed by atoms with E-state index in [1.807, 2.05) is 0 Å². The average molecular weight is 373 g/mol. The fourth-order valence-corrected chi connectivity index (χ4v) is 5.10. The first-order valence-electron chi connectivity index (χ1n) is 6.84. The third-order valence-electron chi connectivity index (χ3n) is 4.63. The van der Waals surface area contributed by atoms with Crippen molar-refractivity contribution in [3.05, 3.63) is 32.7 Å². The van der Waals surface area contributed by atoms with Gasteiger partial charge in [0, 0.05) is 21.0 Å². The molecule has 2 bridgehead atoms. The lowest BCUT2D eigenvalue weighted by molar-refractivity contribution is 0.326. The molecule has 2 fully saturated rings. The number of fused-ring (bicyclic) bond motifs is 2. The Labute approximate surface area is 126 Å². The van der Waals surface area contributed by atoms with Gasteiger partial charge in [0.1, 0.15) is 0 Å². The molecule has 2 saturated carbocycles. The summed E-state index contributed by atoms with van der Waals surface area (Å²) >= 11 is 7.18. The molecule has 0 amide bonds. The van der Waals surface area contributed by atoms with Crippen LogP contribution in [0.2, 0.25) is 0 Å². The van der Waals surface area contributed by atoms with E-state index >= 15 is 0 Å². The zero-order valence-corrected chi connectivity index (χ0v) is 13.8. The normalized spacial score (nSPS) is 31.8. The predicted octanol–water partition coefficient (Wildman–Crippen LogP) is 5.05. The largest absolute Gasteiger partial charge is 0.307 e. The molecule has 2 aliphatic carbocycles. The summed E-state index contributed by atoms with van der Waals surface area (Å²) in [6, 6.07) is 7.64. The number of benzene rings is 1. The van der Waals surface area contributed by atoms with Gasteiger partial charge in [0.15, 0.2) is 0 Å². The third-order valence-corrected chi connectivity index (χ3v) is 5.81. The molecule has 18 heavy (non-hydrogen) atoms. The topological polar surface area (TPSA) is 12.0 Å². The second-order valence-corrected chi connectivity index (χ2v) is 7.61. The van der Waals surface area contributed by atoms with E-state index in [1.165, 1.54) is 35.7 Å². The van der Waals surface area contributed by atoms with Crippen molar-refractivity contribution in [2.24, 2.45) is 11.8 Å². The maximum absolute atomic E-state index is 3.84. The van der Waals surface area contributed by atoms with Gasteiger partial charge in [0.2, 0.25) is 0 Å². The third kappa shape index (κ3) is 2.54. The van der Waals surface area contributed by atoms with E-state index in [9.17, 15) is 0 Å². The molecule has 0 spiro atoms. The first-order chi connectivity index (χ1) is 8.63. The van der Waals surface area contributed by atoms with Gasteiger partial charge in [-0.3, -0.25) is 0 Å². The molecule has 0 heterocycles. The number of hydrogen-bond donors (Lipinski definition) is 1. The van der Waals surface area contributed by atoms with Crippen LogP contribution in [-0.2, 0) is 0 Å². The predicted molar refractivity (Wildman–Crippen MR) is 82.6 cm³/mol. The van der Waals surface area contributed by atoms with E-state index in [1.54, 1.807) is 0 Å².